The lowest BCUT2D eigenvalue weighted by molar-refractivity contribution is 0.591. The second-order valence-corrected chi connectivity index (χ2v) is 31.3. The minimum Gasteiger partial charge on any atom is -0.309 e. The maximum atomic E-state index is 15.7. The van der Waals surface area contributed by atoms with E-state index in [-0.39, 0.29) is 0 Å². The van der Waals surface area contributed by atoms with Crippen molar-refractivity contribution in [2.24, 2.45) is 0 Å². The molecule has 444 valence electrons. The molecule has 0 fully saturated rings. The fourth-order valence-electron chi connectivity index (χ4n) is 13.1. The molecule has 0 radical (unpaired) electrons. The van der Waals surface area contributed by atoms with Crippen molar-refractivity contribution in [3.8, 4) is 51.2 Å². The van der Waals surface area contributed by atoms with Gasteiger partial charge in [-0.05, 0) is 127 Å². The summed E-state index contributed by atoms with van der Waals surface area (Å²) in [5.41, 5.74) is 9.83. The van der Waals surface area contributed by atoms with Crippen molar-refractivity contribution in [3.63, 3.8) is 0 Å². The molecule has 9 nitrogen and oxygen atoms in total. The molecule has 0 aliphatic heterocycles. The van der Waals surface area contributed by atoms with Crippen LogP contribution in [-0.4, -0.2) is 28.7 Å². The SMILES string of the molecule is O=P(c1ccccc1)(c1ccccc1)c1ccc(-n2c(-c3cc(-c4nc5ccccc5n4-c4ccc(P(=O)(c5ccccc5)c5ccccc5)cc4)cc(-c4nc5ccccc5n4-c4ccc(P(=O)(c5ccccc5)c5ccccc5)cc4)c3)nc3ccccc32)cc1. The Balaban J connectivity index is 0.909. The molecule has 0 atom stereocenters. The number of hydrogen-bond donors (Lipinski definition) is 0. The molecule has 3 heterocycles. The quantitative estimate of drug-likeness (QED) is 0.0947. The van der Waals surface area contributed by atoms with Gasteiger partial charge in [-0.25, -0.2) is 15.0 Å². The van der Waals surface area contributed by atoms with Gasteiger partial charge < -0.3 is 13.7 Å². The van der Waals surface area contributed by atoms with E-state index in [1.807, 2.05) is 309 Å². The van der Waals surface area contributed by atoms with Crippen LogP contribution in [0.5, 0.6) is 0 Å². The average Bonchev–Trinajstić information content (AvgIpc) is 1.42. The summed E-state index contributed by atoms with van der Waals surface area (Å²) in [6.45, 7) is 0. The second-order valence-electron chi connectivity index (χ2n) is 23.0. The van der Waals surface area contributed by atoms with Crippen LogP contribution in [0.1, 0.15) is 0 Å². The van der Waals surface area contributed by atoms with Gasteiger partial charge in [0.05, 0.1) is 33.1 Å². The van der Waals surface area contributed by atoms with E-state index in [0.717, 1.165) is 98.7 Å². The van der Waals surface area contributed by atoms with E-state index in [0.29, 0.717) is 33.4 Å². The number of fused-ring (bicyclic) bond motifs is 3. The minimum atomic E-state index is -3.31. The van der Waals surface area contributed by atoms with E-state index in [1.54, 1.807) is 0 Å². The fraction of sp³-hybridized carbons (Fsp3) is 0. The summed E-state index contributed by atoms with van der Waals surface area (Å²) in [5.74, 6) is 1.99. The molecule has 0 spiro atoms. The van der Waals surface area contributed by atoms with Crippen molar-refractivity contribution >= 4 is 102 Å². The molecule has 3 aromatic heterocycles. The third-order valence-corrected chi connectivity index (χ3v) is 26.8. The third kappa shape index (κ3) is 9.89. The van der Waals surface area contributed by atoms with Gasteiger partial charge in [-0.15, -0.1) is 0 Å². The predicted octanol–water partition coefficient (Wildman–Crippen LogP) is 15.6. The van der Waals surface area contributed by atoms with Crippen LogP contribution < -0.4 is 47.7 Å². The number of imidazole rings is 3. The van der Waals surface area contributed by atoms with E-state index >= 15 is 13.7 Å². The molecule has 0 saturated carbocycles. The van der Waals surface area contributed by atoms with Gasteiger partial charge in [0.25, 0.3) is 0 Å². The minimum absolute atomic E-state index is 0.663. The molecular formula is C81H57N6O3P3. The van der Waals surface area contributed by atoms with E-state index in [9.17, 15) is 0 Å². The molecule has 0 N–H and O–H groups in total. The topological polar surface area (TPSA) is 105 Å². The van der Waals surface area contributed by atoms with Gasteiger partial charge in [-0.2, -0.15) is 0 Å². The zero-order valence-corrected chi connectivity index (χ0v) is 52.8. The number of rotatable bonds is 15. The monoisotopic (exact) mass is 1250 g/mol. The average molecular weight is 1260 g/mol. The summed E-state index contributed by atoms with van der Waals surface area (Å²) in [5, 5.41) is 6.66. The maximum absolute atomic E-state index is 15.7. The number of para-hydroxylation sites is 6. The molecule has 12 heteroatoms. The van der Waals surface area contributed by atoms with E-state index in [1.165, 1.54) is 0 Å². The molecular weight excluding hydrogens is 1200 g/mol. The van der Waals surface area contributed by atoms with Crippen molar-refractivity contribution in [2.75, 3.05) is 0 Å². The van der Waals surface area contributed by atoms with E-state index in [2.05, 4.69) is 50.1 Å². The van der Waals surface area contributed by atoms with Crippen LogP contribution in [0.25, 0.3) is 84.3 Å². The molecule has 93 heavy (non-hydrogen) atoms. The number of aromatic nitrogens is 6. The summed E-state index contributed by atoms with van der Waals surface area (Å²) in [7, 11) is -9.93. The number of benzene rings is 13. The van der Waals surface area contributed by atoms with Gasteiger partial charge in [0, 0.05) is 81.5 Å². The fourth-order valence-corrected chi connectivity index (χ4v) is 21.0. The Morgan fingerprint density at radius 2 is 0.387 bits per heavy atom. The molecule has 16 aromatic rings. The Kier molecular flexibility index (Phi) is 14.5. The van der Waals surface area contributed by atoms with Crippen LogP contribution in [-0.2, 0) is 13.7 Å². The smallest absolute Gasteiger partial charge is 0.171 e. The van der Waals surface area contributed by atoms with Gasteiger partial charge in [-0.1, -0.05) is 218 Å². The van der Waals surface area contributed by atoms with Crippen molar-refractivity contribution in [2.45, 2.75) is 0 Å². The van der Waals surface area contributed by atoms with Crippen LogP contribution in [0.15, 0.2) is 346 Å². The lowest BCUT2D eigenvalue weighted by atomic mass is 10.0. The lowest BCUT2D eigenvalue weighted by Crippen LogP contribution is -2.25. The summed E-state index contributed by atoms with van der Waals surface area (Å²) in [6, 6.07) is 114. The van der Waals surface area contributed by atoms with E-state index < -0.39 is 21.4 Å². The van der Waals surface area contributed by atoms with Crippen LogP contribution in [0.4, 0.5) is 0 Å². The largest absolute Gasteiger partial charge is 0.309 e. The van der Waals surface area contributed by atoms with Crippen molar-refractivity contribution in [3.05, 3.63) is 346 Å². The van der Waals surface area contributed by atoms with Crippen LogP contribution >= 0.6 is 21.4 Å². The van der Waals surface area contributed by atoms with Crippen LogP contribution in [0, 0.1) is 0 Å². The van der Waals surface area contributed by atoms with Crippen molar-refractivity contribution < 1.29 is 13.7 Å². The van der Waals surface area contributed by atoms with Gasteiger partial charge in [0.2, 0.25) is 0 Å². The molecule has 0 amide bonds. The van der Waals surface area contributed by atoms with Crippen LogP contribution in [0.2, 0.25) is 0 Å². The Bertz CT molecular complexity index is 4870. The molecule has 0 aliphatic rings. The standard InChI is InChI=1S/C81H57N6O3P3/c88-91(64-25-7-1-8-26-64,65-27-9-2-10-28-65)70-49-43-61(44-50-70)85-76-40-22-19-37-73(76)82-79(85)58-55-59(80-83-74-38-20-23-41-77(74)86(80)62-45-51-71(52-46-62)92(89,66-29-11-3-12-30-66)67-31-13-4-14-32-67)57-60(56-58)81-84-75-39-21-24-42-78(75)87(81)63-47-53-72(54-48-63)93(90,68-33-15-5-16-34-68)69-35-17-6-18-36-69/h1-57H. The van der Waals surface area contributed by atoms with Crippen molar-refractivity contribution in [1.29, 1.82) is 0 Å². The lowest BCUT2D eigenvalue weighted by Gasteiger charge is -2.21. The summed E-state index contributed by atoms with van der Waals surface area (Å²) in [6.07, 6.45) is 0. The first-order chi connectivity index (χ1) is 45.7. The summed E-state index contributed by atoms with van der Waals surface area (Å²) >= 11 is 0. The van der Waals surface area contributed by atoms with E-state index in [4.69, 9.17) is 15.0 Å². The van der Waals surface area contributed by atoms with Crippen LogP contribution in [0.3, 0.4) is 0 Å². The Hall–Kier alpha value is -11.0. The normalized spacial score (nSPS) is 12.0. The Labute approximate surface area is 538 Å². The zero-order chi connectivity index (χ0) is 62.5. The first-order valence-corrected chi connectivity index (χ1v) is 35.9. The first-order valence-electron chi connectivity index (χ1n) is 30.8. The Morgan fingerprint density at radius 3 is 0.602 bits per heavy atom. The van der Waals surface area contributed by atoms with Gasteiger partial charge >= 0.3 is 0 Å². The molecule has 0 aliphatic carbocycles. The van der Waals surface area contributed by atoms with Gasteiger partial charge in [0.1, 0.15) is 17.5 Å². The highest BCUT2D eigenvalue weighted by Gasteiger charge is 2.33. The highest BCUT2D eigenvalue weighted by Crippen LogP contribution is 2.46. The third-order valence-electron chi connectivity index (χ3n) is 17.5. The molecule has 0 bridgehead atoms. The molecule has 16 rings (SSSR count). The predicted molar refractivity (Wildman–Crippen MR) is 385 cm³/mol. The number of nitrogens with zero attached hydrogens (tertiary/aromatic N) is 6. The van der Waals surface area contributed by atoms with Gasteiger partial charge in [0.15, 0.2) is 21.4 Å². The maximum Gasteiger partial charge on any atom is 0.171 e. The summed E-state index contributed by atoms with van der Waals surface area (Å²) in [4.78, 5) is 16.5. The molecule has 0 saturated heterocycles. The highest BCUT2D eigenvalue weighted by molar-refractivity contribution is 7.86. The first kappa shape index (κ1) is 57.1. The molecule has 0 unspecified atom stereocenters. The molecule has 13 aromatic carbocycles. The Morgan fingerprint density at radius 1 is 0.204 bits per heavy atom. The van der Waals surface area contributed by atoms with Crippen molar-refractivity contribution in [1.82, 2.24) is 28.7 Å². The number of hydrogen-bond acceptors (Lipinski definition) is 6. The summed E-state index contributed by atoms with van der Waals surface area (Å²) < 4.78 is 53.8. The second kappa shape index (κ2) is 23.6. The zero-order valence-electron chi connectivity index (χ0n) is 50.2. The van der Waals surface area contributed by atoms with Gasteiger partial charge in [-0.3, -0.25) is 13.7 Å². The highest BCUT2D eigenvalue weighted by atomic mass is 31.2.